The van der Waals surface area contributed by atoms with Crippen LogP contribution in [0.2, 0.25) is 0 Å². The third-order valence-corrected chi connectivity index (χ3v) is 6.22. The molecule has 0 spiro atoms. The number of benzene rings is 3. The second-order valence-corrected chi connectivity index (χ2v) is 9.55. The summed E-state index contributed by atoms with van der Waals surface area (Å²) in [4.78, 5) is 18.4. The maximum Gasteiger partial charge on any atom is 0.305 e. The number of carboxylic acid groups (broad SMARTS) is 1. The molecule has 1 N–H and O–H groups in total. The molecule has 0 bridgehead atoms. The van der Waals surface area contributed by atoms with Gasteiger partial charge in [0.2, 0.25) is 0 Å². The van der Waals surface area contributed by atoms with Crippen molar-refractivity contribution in [2.45, 2.75) is 19.8 Å². The molecule has 3 aromatic rings. The van der Waals surface area contributed by atoms with Gasteiger partial charge in [-0.25, -0.2) is 4.99 Å². The summed E-state index contributed by atoms with van der Waals surface area (Å²) in [6.45, 7) is 7.23. The van der Waals surface area contributed by atoms with E-state index in [0.717, 1.165) is 37.9 Å². The highest BCUT2D eigenvalue weighted by molar-refractivity contribution is 9.10. The SMILES string of the molecule is C=C(N=C(c1ccc(Br)cc1C)N(CCC(=O)O)CCc1ccccc1)c1cccc(Br)c1. The quantitative estimate of drug-likeness (QED) is 0.224. The second-order valence-electron chi connectivity index (χ2n) is 7.72. The van der Waals surface area contributed by atoms with Crippen molar-refractivity contribution in [2.75, 3.05) is 13.1 Å². The Balaban J connectivity index is 2.03. The molecule has 3 rings (SSSR count). The van der Waals surface area contributed by atoms with Crippen molar-refractivity contribution in [3.63, 3.8) is 0 Å². The van der Waals surface area contributed by atoms with E-state index in [4.69, 9.17) is 4.99 Å². The van der Waals surface area contributed by atoms with E-state index in [0.29, 0.717) is 18.8 Å². The van der Waals surface area contributed by atoms with E-state index in [9.17, 15) is 9.90 Å². The smallest absolute Gasteiger partial charge is 0.305 e. The Morgan fingerprint density at radius 3 is 2.36 bits per heavy atom. The number of rotatable bonds is 9. The lowest BCUT2D eigenvalue weighted by molar-refractivity contribution is -0.137. The van der Waals surface area contributed by atoms with E-state index in [1.54, 1.807) is 0 Å². The largest absolute Gasteiger partial charge is 0.481 e. The van der Waals surface area contributed by atoms with Gasteiger partial charge in [0.1, 0.15) is 5.84 Å². The van der Waals surface area contributed by atoms with Crippen LogP contribution >= 0.6 is 31.9 Å². The normalized spacial score (nSPS) is 11.3. The van der Waals surface area contributed by atoms with Crippen LogP contribution in [0, 0.1) is 6.92 Å². The zero-order chi connectivity index (χ0) is 23.8. The molecule has 0 saturated heterocycles. The van der Waals surface area contributed by atoms with E-state index >= 15 is 0 Å². The topological polar surface area (TPSA) is 52.9 Å². The second kappa shape index (κ2) is 12.0. The summed E-state index contributed by atoms with van der Waals surface area (Å²) >= 11 is 7.05. The summed E-state index contributed by atoms with van der Waals surface area (Å²) in [6, 6.07) is 24.1. The van der Waals surface area contributed by atoms with Crippen LogP contribution in [0.1, 0.15) is 28.7 Å². The van der Waals surface area contributed by atoms with Crippen molar-refractivity contribution >= 4 is 49.4 Å². The summed E-state index contributed by atoms with van der Waals surface area (Å²) in [5.74, 6) is -0.112. The van der Waals surface area contributed by atoms with Gasteiger partial charge >= 0.3 is 5.97 Å². The molecule has 3 aromatic carbocycles. The predicted molar refractivity (Wildman–Crippen MR) is 143 cm³/mol. The third-order valence-electron chi connectivity index (χ3n) is 5.24. The minimum absolute atomic E-state index is 0.0206. The average molecular weight is 570 g/mol. The summed E-state index contributed by atoms with van der Waals surface area (Å²) < 4.78 is 1.93. The number of nitrogens with zero attached hydrogens (tertiary/aromatic N) is 2. The Bertz CT molecular complexity index is 1160. The molecule has 0 aliphatic carbocycles. The molecule has 170 valence electrons. The molecule has 33 heavy (non-hydrogen) atoms. The highest BCUT2D eigenvalue weighted by atomic mass is 79.9. The van der Waals surface area contributed by atoms with E-state index < -0.39 is 5.97 Å². The van der Waals surface area contributed by atoms with Gasteiger partial charge in [-0.3, -0.25) is 4.79 Å². The molecule has 0 fully saturated rings. The first-order valence-corrected chi connectivity index (χ1v) is 12.2. The van der Waals surface area contributed by atoms with Gasteiger partial charge in [-0.1, -0.05) is 80.9 Å². The highest BCUT2D eigenvalue weighted by Gasteiger charge is 2.18. The Labute approximate surface area is 211 Å². The Hall–Kier alpha value is -2.70. The summed E-state index contributed by atoms with van der Waals surface area (Å²) in [5.41, 5.74) is 4.71. The fraction of sp³-hybridized carbons (Fsp3) is 0.185. The van der Waals surface area contributed by atoms with Crippen LogP contribution in [-0.4, -0.2) is 34.9 Å². The van der Waals surface area contributed by atoms with Crippen LogP contribution in [0.5, 0.6) is 0 Å². The van der Waals surface area contributed by atoms with Crippen molar-refractivity contribution in [3.05, 3.63) is 111 Å². The first kappa shape index (κ1) is 24.9. The standard InChI is InChI=1S/C27H26Br2N2O2/c1-19-17-24(29)11-12-25(19)27(30-20(2)22-9-6-10-23(28)18-22)31(16-14-26(32)33)15-13-21-7-4-3-5-8-21/h3-12,17-18H,2,13-16H2,1H3,(H,32,33). The van der Waals surface area contributed by atoms with Gasteiger partial charge in [0.15, 0.2) is 0 Å². The third kappa shape index (κ3) is 7.41. The van der Waals surface area contributed by atoms with Gasteiger partial charge in [0, 0.05) is 33.2 Å². The number of aryl methyl sites for hydroxylation is 1. The minimum Gasteiger partial charge on any atom is -0.481 e. The predicted octanol–water partition coefficient (Wildman–Crippen LogP) is 6.96. The summed E-state index contributed by atoms with van der Waals surface area (Å²) in [5, 5.41) is 9.39. The van der Waals surface area contributed by atoms with Crippen molar-refractivity contribution in [3.8, 4) is 0 Å². The number of hydrogen-bond donors (Lipinski definition) is 1. The fourth-order valence-electron chi connectivity index (χ4n) is 3.50. The lowest BCUT2D eigenvalue weighted by Gasteiger charge is -2.27. The van der Waals surface area contributed by atoms with Gasteiger partial charge in [0.05, 0.1) is 12.1 Å². The molecule has 4 nitrogen and oxygen atoms in total. The van der Waals surface area contributed by atoms with Crippen molar-refractivity contribution in [2.24, 2.45) is 4.99 Å². The number of hydrogen-bond acceptors (Lipinski definition) is 2. The molecule has 0 aromatic heterocycles. The van der Waals surface area contributed by atoms with Crippen LogP contribution in [0.15, 0.2) is 93.3 Å². The first-order valence-electron chi connectivity index (χ1n) is 10.6. The Morgan fingerprint density at radius 1 is 0.970 bits per heavy atom. The molecule has 0 heterocycles. The first-order chi connectivity index (χ1) is 15.8. The molecule has 0 unspecified atom stereocenters. The van der Waals surface area contributed by atoms with Gasteiger partial charge in [0.25, 0.3) is 0 Å². The van der Waals surface area contributed by atoms with E-state index in [-0.39, 0.29) is 6.42 Å². The molecule has 0 atom stereocenters. The summed E-state index contributed by atoms with van der Waals surface area (Å²) in [7, 11) is 0. The number of carboxylic acids is 1. The van der Waals surface area contributed by atoms with Gasteiger partial charge < -0.3 is 10.0 Å². The number of amidine groups is 1. The maximum absolute atomic E-state index is 11.4. The maximum atomic E-state index is 11.4. The van der Waals surface area contributed by atoms with Crippen molar-refractivity contribution in [1.82, 2.24) is 4.90 Å². The van der Waals surface area contributed by atoms with Gasteiger partial charge in [-0.2, -0.15) is 0 Å². The van der Waals surface area contributed by atoms with E-state index in [2.05, 4.69) is 55.5 Å². The van der Waals surface area contributed by atoms with E-state index in [1.165, 1.54) is 5.56 Å². The molecular formula is C27H26Br2N2O2. The molecule has 6 heteroatoms. The van der Waals surface area contributed by atoms with Crippen LogP contribution < -0.4 is 0 Å². The summed E-state index contributed by atoms with van der Waals surface area (Å²) in [6.07, 6.45) is 0.797. The van der Waals surface area contributed by atoms with Gasteiger partial charge in [-0.15, -0.1) is 0 Å². The number of aliphatic carboxylic acids is 1. The van der Waals surface area contributed by atoms with Gasteiger partial charge in [-0.05, 0) is 54.8 Å². The molecule has 0 radical (unpaired) electrons. The minimum atomic E-state index is -0.836. The Kier molecular flexibility index (Phi) is 9.03. The molecule has 0 saturated carbocycles. The molecular weight excluding hydrogens is 544 g/mol. The van der Waals surface area contributed by atoms with Crippen LogP contribution in [-0.2, 0) is 11.2 Å². The zero-order valence-corrected chi connectivity index (χ0v) is 21.6. The molecule has 0 aliphatic rings. The van der Waals surface area contributed by atoms with E-state index in [1.807, 2.05) is 67.6 Å². The highest BCUT2D eigenvalue weighted by Crippen LogP contribution is 2.23. The van der Waals surface area contributed by atoms with Crippen molar-refractivity contribution < 1.29 is 9.90 Å². The monoisotopic (exact) mass is 568 g/mol. The number of aliphatic imine (C=N–C) groups is 1. The lowest BCUT2D eigenvalue weighted by Crippen LogP contribution is -2.36. The number of carbonyl (C=O) groups is 1. The molecule has 0 aliphatic heterocycles. The lowest BCUT2D eigenvalue weighted by atomic mass is 10.1. The average Bonchev–Trinajstić information content (AvgIpc) is 2.78. The number of halogens is 2. The Morgan fingerprint density at radius 2 is 1.70 bits per heavy atom. The fourth-order valence-corrected chi connectivity index (χ4v) is 4.38. The van der Waals surface area contributed by atoms with Crippen LogP contribution in [0.4, 0.5) is 0 Å². The van der Waals surface area contributed by atoms with Crippen molar-refractivity contribution in [1.29, 1.82) is 0 Å². The zero-order valence-electron chi connectivity index (χ0n) is 18.5. The van der Waals surface area contributed by atoms with Crippen LogP contribution in [0.3, 0.4) is 0 Å². The molecule has 0 amide bonds. The van der Waals surface area contributed by atoms with Crippen LogP contribution in [0.25, 0.3) is 5.70 Å².